The van der Waals surface area contributed by atoms with Crippen LogP contribution >= 0.6 is 0 Å². The molecule has 0 aromatic heterocycles. The molecule has 0 heterocycles. The first kappa shape index (κ1) is 12.0. The molecule has 0 spiro atoms. The summed E-state index contributed by atoms with van der Waals surface area (Å²) in [4.78, 5) is 0. The minimum atomic E-state index is 0.218. The lowest BCUT2D eigenvalue weighted by Crippen LogP contribution is -2.29. The Morgan fingerprint density at radius 3 is 2.27 bits per heavy atom. The number of benzene rings is 1. The molecule has 0 aliphatic rings. The summed E-state index contributed by atoms with van der Waals surface area (Å²) in [6.45, 7) is 4.38. The fourth-order valence-electron chi connectivity index (χ4n) is 1.61. The summed E-state index contributed by atoms with van der Waals surface area (Å²) < 4.78 is 5.11. The van der Waals surface area contributed by atoms with Crippen LogP contribution in [0.15, 0.2) is 24.3 Å². The van der Waals surface area contributed by atoms with E-state index in [1.54, 1.807) is 7.11 Å². The Bertz CT molecular complexity index is 282. The number of nitrogens with one attached hydrogen (secondary N) is 1. The van der Waals surface area contributed by atoms with E-state index in [1.807, 2.05) is 24.3 Å². The minimum Gasteiger partial charge on any atom is -0.497 e. The Morgan fingerprint density at radius 1 is 1.27 bits per heavy atom. The Kier molecular flexibility index (Phi) is 4.59. The van der Waals surface area contributed by atoms with E-state index >= 15 is 0 Å². The summed E-state index contributed by atoms with van der Waals surface area (Å²) in [5, 5.41) is 0. The van der Waals surface area contributed by atoms with Gasteiger partial charge in [-0.1, -0.05) is 26.0 Å². The molecule has 0 aliphatic carbocycles. The Labute approximate surface area is 91.6 Å². The second-order valence-corrected chi connectivity index (χ2v) is 4.12. The van der Waals surface area contributed by atoms with Gasteiger partial charge in [-0.25, -0.2) is 0 Å². The van der Waals surface area contributed by atoms with Gasteiger partial charge in [-0.15, -0.1) is 0 Å². The molecule has 0 aliphatic heterocycles. The SMILES string of the molecule is COc1ccc(C(CC(C)C)NN)cc1. The maximum atomic E-state index is 5.54. The largest absolute Gasteiger partial charge is 0.497 e. The second kappa shape index (κ2) is 5.73. The van der Waals surface area contributed by atoms with Crippen molar-refractivity contribution < 1.29 is 4.74 Å². The molecule has 15 heavy (non-hydrogen) atoms. The third kappa shape index (κ3) is 3.53. The average molecular weight is 208 g/mol. The number of hydrazine groups is 1. The van der Waals surface area contributed by atoms with Gasteiger partial charge in [0.25, 0.3) is 0 Å². The van der Waals surface area contributed by atoms with Gasteiger partial charge in [0.05, 0.1) is 7.11 Å². The van der Waals surface area contributed by atoms with Crippen molar-refractivity contribution in [1.82, 2.24) is 5.43 Å². The lowest BCUT2D eigenvalue weighted by atomic mass is 9.97. The van der Waals surface area contributed by atoms with Gasteiger partial charge in [-0.2, -0.15) is 0 Å². The van der Waals surface area contributed by atoms with Crippen molar-refractivity contribution in [3.05, 3.63) is 29.8 Å². The molecule has 1 atom stereocenters. The molecule has 3 N–H and O–H groups in total. The van der Waals surface area contributed by atoms with Gasteiger partial charge < -0.3 is 4.74 Å². The number of hydrogen-bond donors (Lipinski definition) is 2. The van der Waals surface area contributed by atoms with Crippen LogP contribution in [0.1, 0.15) is 31.9 Å². The van der Waals surface area contributed by atoms with Gasteiger partial charge in [-0.3, -0.25) is 11.3 Å². The van der Waals surface area contributed by atoms with Gasteiger partial charge >= 0.3 is 0 Å². The van der Waals surface area contributed by atoms with Crippen LogP contribution in [-0.4, -0.2) is 7.11 Å². The molecule has 0 saturated carbocycles. The van der Waals surface area contributed by atoms with Crippen molar-refractivity contribution in [2.24, 2.45) is 11.8 Å². The summed E-state index contributed by atoms with van der Waals surface area (Å²) in [6.07, 6.45) is 1.03. The number of rotatable bonds is 5. The molecule has 0 bridgehead atoms. The third-order valence-electron chi connectivity index (χ3n) is 2.43. The predicted molar refractivity (Wildman–Crippen MR) is 62.5 cm³/mol. The van der Waals surface area contributed by atoms with Crippen molar-refractivity contribution in [1.29, 1.82) is 0 Å². The maximum Gasteiger partial charge on any atom is 0.118 e. The highest BCUT2D eigenvalue weighted by Gasteiger charge is 2.11. The van der Waals surface area contributed by atoms with Crippen LogP contribution in [-0.2, 0) is 0 Å². The molecule has 1 rings (SSSR count). The first-order chi connectivity index (χ1) is 7.17. The topological polar surface area (TPSA) is 47.3 Å². The van der Waals surface area contributed by atoms with Crippen molar-refractivity contribution in [2.45, 2.75) is 26.3 Å². The van der Waals surface area contributed by atoms with E-state index in [0.29, 0.717) is 5.92 Å². The molecule has 0 radical (unpaired) electrons. The highest BCUT2D eigenvalue weighted by molar-refractivity contribution is 5.29. The van der Waals surface area contributed by atoms with Crippen molar-refractivity contribution in [3.8, 4) is 5.75 Å². The molecule has 3 nitrogen and oxygen atoms in total. The van der Waals surface area contributed by atoms with Crippen molar-refractivity contribution >= 4 is 0 Å². The molecule has 1 unspecified atom stereocenters. The zero-order chi connectivity index (χ0) is 11.3. The van der Waals surface area contributed by atoms with E-state index in [0.717, 1.165) is 12.2 Å². The van der Waals surface area contributed by atoms with E-state index in [1.165, 1.54) is 5.56 Å². The fourth-order valence-corrected chi connectivity index (χ4v) is 1.61. The van der Waals surface area contributed by atoms with Crippen LogP contribution in [0, 0.1) is 5.92 Å². The van der Waals surface area contributed by atoms with E-state index in [4.69, 9.17) is 10.6 Å². The second-order valence-electron chi connectivity index (χ2n) is 4.12. The molecule has 0 saturated heterocycles. The molecule has 84 valence electrons. The van der Waals surface area contributed by atoms with Crippen molar-refractivity contribution in [3.63, 3.8) is 0 Å². The fraction of sp³-hybridized carbons (Fsp3) is 0.500. The normalized spacial score (nSPS) is 12.9. The minimum absolute atomic E-state index is 0.218. The van der Waals surface area contributed by atoms with Gasteiger partial charge in [0.15, 0.2) is 0 Å². The molecular formula is C12H20N2O. The van der Waals surface area contributed by atoms with Gasteiger partial charge in [0.1, 0.15) is 5.75 Å². The average Bonchev–Trinajstić information content (AvgIpc) is 2.26. The van der Waals surface area contributed by atoms with Gasteiger partial charge in [0.2, 0.25) is 0 Å². The van der Waals surface area contributed by atoms with E-state index < -0.39 is 0 Å². The van der Waals surface area contributed by atoms with E-state index in [-0.39, 0.29) is 6.04 Å². The molecule has 1 aromatic rings. The van der Waals surface area contributed by atoms with Gasteiger partial charge in [-0.05, 0) is 30.0 Å². The van der Waals surface area contributed by atoms with Crippen LogP contribution < -0.4 is 16.0 Å². The number of ether oxygens (including phenoxy) is 1. The zero-order valence-corrected chi connectivity index (χ0v) is 9.66. The smallest absolute Gasteiger partial charge is 0.118 e. The van der Waals surface area contributed by atoms with Crippen LogP contribution in [0.5, 0.6) is 5.75 Å². The first-order valence-electron chi connectivity index (χ1n) is 5.27. The Balaban J connectivity index is 2.74. The number of methoxy groups -OCH3 is 1. The highest BCUT2D eigenvalue weighted by atomic mass is 16.5. The third-order valence-corrected chi connectivity index (χ3v) is 2.43. The highest BCUT2D eigenvalue weighted by Crippen LogP contribution is 2.22. The predicted octanol–water partition coefficient (Wildman–Crippen LogP) is 2.25. The van der Waals surface area contributed by atoms with Crippen LogP contribution in [0.25, 0.3) is 0 Å². The molecular weight excluding hydrogens is 188 g/mol. The Hall–Kier alpha value is -1.06. The first-order valence-corrected chi connectivity index (χ1v) is 5.27. The van der Waals surface area contributed by atoms with E-state index in [9.17, 15) is 0 Å². The summed E-state index contributed by atoms with van der Waals surface area (Å²) >= 11 is 0. The summed E-state index contributed by atoms with van der Waals surface area (Å²) in [7, 11) is 1.67. The lowest BCUT2D eigenvalue weighted by Gasteiger charge is -2.18. The van der Waals surface area contributed by atoms with Crippen LogP contribution in [0.4, 0.5) is 0 Å². The molecule has 0 amide bonds. The zero-order valence-electron chi connectivity index (χ0n) is 9.66. The standard InChI is InChI=1S/C12H20N2O/c1-9(2)8-12(14-13)10-4-6-11(15-3)7-5-10/h4-7,9,12,14H,8,13H2,1-3H3. The van der Waals surface area contributed by atoms with Gasteiger partial charge in [0, 0.05) is 6.04 Å². The summed E-state index contributed by atoms with van der Waals surface area (Å²) in [6, 6.07) is 8.23. The number of hydrogen-bond acceptors (Lipinski definition) is 3. The van der Waals surface area contributed by atoms with Crippen LogP contribution in [0.3, 0.4) is 0 Å². The maximum absolute atomic E-state index is 5.54. The van der Waals surface area contributed by atoms with Crippen LogP contribution in [0.2, 0.25) is 0 Å². The summed E-state index contributed by atoms with van der Waals surface area (Å²) in [5.41, 5.74) is 4.05. The quantitative estimate of drug-likeness (QED) is 0.576. The van der Waals surface area contributed by atoms with E-state index in [2.05, 4.69) is 19.3 Å². The molecule has 3 heteroatoms. The lowest BCUT2D eigenvalue weighted by molar-refractivity contribution is 0.412. The Morgan fingerprint density at radius 2 is 1.87 bits per heavy atom. The number of nitrogens with two attached hydrogens (primary N) is 1. The monoisotopic (exact) mass is 208 g/mol. The molecule has 1 aromatic carbocycles. The molecule has 0 fully saturated rings. The summed E-state index contributed by atoms with van der Waals surface area (Å²) in [5.74, 6) is 7.04. The van der Waals surface area contributed by atoms with Crippen molar-refractivity contribution in [2.75, 3.05) is 7.11 Å².